The average Bonchev–Trinajstić information content (AvgIpc) is 3.19. The molecule has 1 aromatic heterocycles. The number of hydroxylamine groups is 2. The van der Waals surface area contributed by atoms with E-state index in [-0.39, 0.29) is 11.8 Å². The van der Waals surface area contributed by atoms with Crippen LogP contribution >= 0.6 is 0 Å². The first kappa shape index (κ1) is 19.9. The normalized spacial score (nSPS) is 24.7. The summed E-state index contributed by atoms with van der Waals surface area (Å²) < 4.78 is 27.2. The van der Waals surface area contributed by atoms with Crippen LogP contribution in [0, 0.1) is 30.4 Å². The third-order valence-corrected chi connectivity index (χ3v) is 5.95. The Morgan fingerprint density at radius 1 is 1.07 bits per heavy atom. The first-order chi connectivity index (χ1) is 14.0. The van der Waals surface area contributed by atoms with Gasteiger partial charge in [-0.1, -0.05) is 0 Å². The number of benzene rings is 1. The molecule has 0 bridgehead atoms. The van der Waals surface area contributed by atoms with Crippen LogP contribution in [0.15, 0.2) is 30.6 Å². The zero-order chi connectivity index (χ0) is 20.4. The van der Waals surface area contributed by atoms with E-state index in [1.165, 1.54) is 17.2 Å². The lowest BCUT2D eigenvalue weighted by molar-refractivity contribution is -0.183. The van der Waals surface area contributed by atoms with Gasteiger partial charge in [-0.25, -0.2) is 23.8 Å². The molecule has 1 saturated heterocycles. The SMILES string of the molecule is Cc1ncc(CC2CCC(C(=O)N3OCC[C@H]3c3cc(F)cc(F)c3)CC2)cn1. The van der Waals surface area contributed by atoms with E-state index in [2.05, 4.69) is 9.97 Å². The number of rotatable bonds is 4. The summed E-state index contributed by atoms with van der Waals surface area (Å²) in [4.78, 5) is 27.1. The molecule has 1 saturated carbocycles. The molecule has 2 aromatic rings. The lowest BCUT2D eigenvalue weighted by atomic mass is 9.79. The number of halogens is 2. The fourth-order valence-corrected chi connectivity index (χ4v) is 4.41. The van der Waals surface area contributed by atoms with Crippen molar-refractivity contribution in [2.75, 3.05) is 6.61 Å². The van der Waals surface area contributed by atoms with Gasteiger partial charge in [0.25, 0.3) is 0 Å². The van der Waals surface area contributed by atoms with E-state index < -0.39 is 17.7 Å². The minimum Gasteiger partial charge on any atom is -0.272 e. The predicted octanol–water partition coefficient (Wildman–Crippen LogP) is 4.32. The van der Waals surface area contributed by atoms with E-state index in [0.717, 1.165) is 49.6 Å². The largest absolute Gasteiger partial charge is 0.272 e. The average molecular weight is 401 g/mol. The van der Waals surface area contributed by atoms with Crippen LogP contribution in [0.3, 0.4) is 0 Å². The first-order valence-electron chi connectivity index (χ1n) is 10.2. The zero-order valence-electron chi connectivity index (χ0n) is 16.5. The summed E-state index contributed by atoms with van der Waals surface area (Å²) >= 11 is 0. The summed E-state index contributed by atoms with van der Waals surface area (Å²) in [5, 5.41) is 1.35. The van der Waals surface area contributed by atoms with Crippen LogP contribution in [-0.2, 0) is 16.1 Å². The molecule has 2 fully saturated rings. The van der Waals surface area contributed by atoms with E-state index >= 15 is 0 Å². The van der Waals surface area contributed by atoms with Crippen molar-refractivity contribution in [1.29, 1.82) is 0 Å². The van der Waals surface area contributed by atoms with Gasteiger partial charge in [0.1, 0.15) is 17.5 Å². The maximum absolute atomic E-state index is 13.6. The van der Waals surface area contributed by atoms with E-state index in [0.29, 0.717) is 24.5 Å². The molecule has 29 heavy (non-hydrogen) atoms. The van der Waals surface area contributed by atoms with E-state index in [1.54, 1.807) is 0 Å². The van der Waals surface area contributed by atoms with Crippen LogP contribution in [-0.4, -0.2) is 27.5 Å². The van der Waals surface area contributed by atoms with E-state index in [9.17, 15) is 13.6 Å². The Morgan fingerprint density at radius 2 is 1.72 bits per heavy atom. The molecule has 0 unspecified atom stereocenters. The van der Waals surface area contributed by atoms with Gasteiger partial charge in [0.2, 0.25) is 5.91 Å². The van der Waals surface area contributed by atoms with Crippen molar-refractivity contribution >= 4 is 5.91 Å². The molecular weight excluding hydrogens is 376 g/mol. The van der Waals surface area contributed by atoms with Crippen LogP contribution in [0.1, 0.15) is 55.1 Å². The molecule has 2 heterocycles. The lowest BCUT2D eigenvalue weighted by Gasteiger charge is -2.32. The molecule has 154 valence electrons. The van der Waals surface area contributed by atoms with Crippen molar-refractivity contribution in [3.63, 3.8) is 0 Å². The second-order valence-corrected chi connectivity index (χ2v) is 8.06. The number of aryl methyl sites for hydroxylation is 1. The number of aromatic nitrogens is 2. The van der Waals surface area contributed by atoms with Crippen molar-refractivity contribution in [2.24, 2.45) is 11.8 Å². The third-order valence-electron chi connectivity index (χ3n) is 5.95. The van der Waals surface area contributed by atoms with Crippen LogP contribution in [0.2, 0.25) is 0 Å². The number of nitrogens with zero attached hydrogens (tertiary/aromatic N) is 3. The minimum absolute atomic E-state index is 0.0747. The molecule has 2 aliphatic rings. The summed E-state index contributed by atoms with van der Waals surface area (Å²) in [5.74, 6) is -0.187. The second kappa shape index (κ2) is 8.53. The van der Waals surface area contributed by atoms with Gasteiger partial charge in [0.05, 0.1) is 12.6 Å². The number of carbonyl (C=O) groups is 1. The van der Waals surface area contributed by atoms with Gasteiger partial charge >= 0.3 is 0 Å². The van der Waals surface area contributed by atoms with Crippen molar-refractivity contribution in [3.05, 3.63) is 59.2 Å². The molecule has 1 amide bonds. The van der Waals surface area contributed by atoms with E-state index in [4.69, 9.17) is 4.84 Å². The number of hydrogen-bond acceptors (Lipinski definition) is 4. The summed E-state index contributed by atoms with van der Waals surface area (Å²) in [5.41, 5.74) is 1.57. The highest BCUT2D eigenvalue weighted by Gasteiger charge is 2.37. The summed E-state index contributed by atoms with van der Waals surface area (Å²) in [7, 11) is 0. The predicted molar refractivity (Wildman–Crippen MR) is 102 cm³/mol. The first-order valence-corrected chi connectivity index (χ1v) is 10.2. The summed E-state index contributed by atoms with van der Waals surface area (Å²) in [6.45, 7) is 2.24. The molecule has 5 nitrogen and oxygen atoms in total. The summed E-state index contributed by atoms with van der Waals surface area (Å²) in [6.07, 6.45) is 8.71. The number of carbonyl (C=O) groups excluding carboxylic acids is 1. The summed E-state index contributed by atoms with van der Waals surface area (Å²) in [6, 6.07) is 2.97. The Balaban J connectivity index is 1.36. The van der Waals surface area contributed by atoms with Crippen molar-refractivity contribution in [3.8, 4) is 0 Å². The van der Waals surface area contributed by atoms with Gasteiger partial charge in [-0.3, -0.25) is 9.63 Å². The van der Waals surface area contributed by atoms with Gasteiger partial charge in [-0.2, -0.15) is 0 Å². The molecule has 1 aromatic carbocycles. The highest BCUT2D eigenvalue weighted by atomic mass is 19.1. The molecule has 4 rings (SSSR count). The Labute approximate surface area is 169 Å². The van der Waals surface area contributed by atoms with Crippen LogP contribution in [0.5, 0.6) is 0 Å². The zero-order valence-corrected chi connectivity index (χ0v) is 16.5. The van der Waals surface area contributed by atoms with Gasteiger partial charge in [-0.15, -0.1) is 0 Å². The maximum atomic E-state index is 13.6. The molecule has 1 atom stereocenters. The molecule has 1 aliphatic heterocycles. The quantitative estimate of drug-likeness (QED) is 0.766. The topological polar surface area (TPSA) is 55.3 Å². The monoisotopic (exact) mass is 401 g/mol. The van der Waals surface area contributed by atoms with E-state index in [1.807, 2.05) is 19.3 Å². The Kier molecular flexibility index (Phi) is 5.85. The van der Waals surface area contributed by atoms with Crippen LogP contribution in [0.25, 0.3) is 0 Å². The van der Waals surface area contributed by atoms with Crippen molar-refractivity contribution in [2.45, 2.75) is 51.5 Å². The second-order valence-electron chi connectivity index (χ2n) is 8.06. The van der Waals surface area contributed by atoms with Gasteiger partial charge in [0.15, 0.2) is 0 Å². The molecule has 7 heteroatoms. The van der Waals surface area contributed by atoms with Crippen molar-refractivity contribution in [1.82, 2.24) is 15.0 Å². The lowest BCUT2D eigenvalue weighted by Crippen LogP contribution is -2.36. The highest BCUT2D eigenvalue weighted by Crippen LogP contribution is 2.37. The maximum Gasteiger partial charge on any atom is 0.249 e. The van der Waals surface area contributed by atoms with Gasteiger partial charge in [-0.05, 0) is 68.2 Å². The minimum atomic E-state index is -0.639. The number of hydrogen-bond donors (Lipinski definition) is 0. The molecule has 0 radical (unpaired) electrons. The Bertz CT molecular complexity index is 847. The molecule has 0 spiro atoms. The highest BCUT2D eigenvalue weighted by molar-refractivity contribution is 5.78. The van der Waals surface area contributed by atoms with Crippen LogP contribution in [0.4, 0.5) is 8.78 Å². The Morgan fingerprint density at radius 3 is 2.38 bits per heavy atom. The molecule has 0 N–H and O–H groups in total. The van der Waals surface area contributed by atoms with Crippen LogP contribution < -0.4 is 0 Å². The standard InChI is InChI=1S/C22H25F2N3O2/c1-14-25-12-16(13-26-14)8-15-2-4-17(5-3-15)22(28)27-21(6-7-29-27)18-9-19(23)11-20(24)10-18/h9-13,15,17,21H,2-8H2,1H3/t15?,17?,21-/m0/s1. The molecule has 1 aliphatic carbocycles. The number of amides is 1. The fraction of sp³-hybridized carbons (Fsp3) is 0.500. The molecular formula is C22H25F2N3O2. The van der Waals surface area contributed by atoms with Gasteiger partial charge in [0, 0.05) is 30.8 Å². The Hall–Kier alpha value is -2.41. The third kappa shape index (κ3) is 4.61. The van der Waals surface area contributed by atoms with Crippen molar-refractivity contribution < 1.29 is 18.4 Å². The smallest absolute Gasteiger partial charge is 0.249 e. The van der Waals surface area contributed by atoms with Gasteiger partial charge < -0.3 is 0 Å². The fourth-order valence-electron chi connectivity index (χ4n) is 4.41.